The van der Waals surface area contributed by atoms with Crippen LogP contribution < -0.4 is 11.1 Å². The number of rotatable bonds is 4. The standard InChI is InChI=1S/C14H17FN2O3/c15-11-7-8(13(16)18)4-5-12(11)17-10-3-1-2-9(6-10)14(19)20/h4-5,7,9-10,17H,1-3,6H2,(H2,16,18)(H,19,20). The van der Waals surface area contributed by atoms with E-state index in [4.69, 9.17) is 10.8 Å². The zero-order valence-electron chi connectivity index (χ0n) is 10.9. The van der Waals surface area contributed by atoms with E-state index in [0.29, 0.717) is 12.8 Å². The number of nitrogens with two attached hydrogens (primary N) is 1. The van der Waals surface area contributed by atoms with Crippen molar-refractivity contribution in [3.05, 3.63) is 29.6 Å². The topological polar surface area (TPSA) is 92.4 Å². The number of nitrogens with one attached hydrogen (secondary N) is 1. The minimum atomic E-state index is -0.805. The van der Waals surface area contributed by atoms with Crippen LogP contribution in [0.1, 0.15) is 36.0 Å². The number of carbonyl (C=O) groups excluding carboxylic acids is 1. The Kier molecular flexibility index (Phi) is 4.22. The summed E-state index contributed by atoms with van der Waals surface area (Å²) in [5, 5.41) is 12.0. The molecule has 0 spiro atoms. The van der Waals surface area contributed by atoms with E-state index in [1.54, 1.807) is 0 Å². The first-order chi connectivity index (χ1) is 9.47. The molecule has 0 saturated heterocycles. The van der Waals surface area contributed by atoms with Gasteiger partial charge in [-0.2, -0.15) is 0 Å². The molecule has 0 heterocycles. The number of hydrogen-bond acceptors (Lipinski definition) is 3. The van der Waals surface area contributed by atoms with Gasteiger partial charge in [0.05, 0.1) is 11.6 Å². The molecule has 0 radical (unpaired) electrons. The van der Waals surface area contributed by atoms with Crippen LogP contribution in [0.2, 0.25) is 0 Å². The molecule has 1 fully saturated rings. The van der Waals surface area contributed by atoms with Crippen LogP contribution in [-0.4, -0.2) is 23.0 Å². The quantitative estimate of drug-likeness (QED) is 0.786. The molecule has 1 saturated carbocycles. The van der Waals surface area contributed by atoms with Gasteiger partial charge in [0.2, 0.25) is 5.91 Å². The number of benzene rings is 1. The van der Waals surface area contributed by atoms with Gasteiger partial charge in [0, 0.05) is 11.6 Å². The molecule has 1 aliphatic carbocycles. The number of amides is 1. The van der Waals surface area contributed by atoms with Crippen LogP contribution in [0.5, 0.6) is 0 Å². The van der Waals surface area contributed by atoms with Gasteiger partial charge in [0.25, 0.3) is 0 Å². The van der Waals surface area contributed by atoms with Gasteiger partial charge in [0.1, 0.15) is 5.82 Å². The van der Waals surface area contributed by atoms with Gasteiger partial charge in [-0.25, -0.2) is 4.39 Å². The first-order valence-electron chi connectivity index (χ1n) is 6.56. The average Bonchev–Trinajstić information content (AvgIpc) is 2.41. The van der Waals surface area contributed by atoms with Crippen LogP contribution >= 0.6 is 0 Å². The SMILES string of the molecule is NC(=O)c1ccc(NC2CCCC(C(=O)O)C2)c(F)c1. The first-order valence-corrected chi connectivity index (χ1v) is 6.56. The molecule has 2 rings (SSSR count). The van der Waals surface area contributed by atoms with Crippen LogP contribution in [0.25, 0.3) is 0 Å². The lowest BCUT2D eigenvalue weighted by Gasteiger charge is -2.28. The van der Waals surface area contributed by atoms with Crippen molar-refractivity contribution in [2.24, 2.45) is 11.7 Å². The summed E-state index contributed by atoms with van der Waals surface area (Å²) >= 11 is 0. The molecule has 1 aromatic carbocycles. The van der Waals surface area contributed by atoms with Crippen molar-refractivity contribution >= 4 is 17.6 Å². The molecule has 1 aliphatic rings. The third-order valence-corrected chi connectivity index (χ3v) is 3.64. The number of primary amides is 1. The van der Waals surface area contributed by atoms with Gasteiger partial charge in [-0.3, -0.25) is 9.59 Å². The maximum Gasteiger partial charge on any atom is 0.306 e. The molecule has 0 aromatic heterocycles. The van der Waals surface area contributed by atoms with E-state index in [9.17, 15) is 14.0 Å². The van der Waals surface area contributed by atoms with Crippen molar-refractivity contribution in [2.75, 3.05) is 5.32 Å². The van der Waals surface area contributed by atoms with Crippen molar-refractivity contribution in [3.8, 4) is 0 Å². The van der Waals surface area contributed by atoms with E-state index in [0.717, 1.165) is 18.9 Å². The Labute approximate surface area is 116 Å². The first kappa shape index (κ1) is 14.3. The van der Waals surface area contributed by atoms with Gasteiger partial charge in [-0.15, -0.1) is 0 Å². The van der Waals surface area contributed by atoms with Crippen LogP contribution in [0.15, 0.2) is 18.2 Å². The number of carbonyl (C=O) groups is 2. The molecule has 2 atom stereocenters. The Morgan fingerprint density at radius 2 is 2.10 bits per heavy atom. The predicted octanol–water partition coefficient (Wildman–Crippen LogP) is 1.98. The highest BCUT2D eigenvalue weighted by Gasteiger charge is 2.27. The maximum absolute atomic E-state index is 13.8. The van der Waals surface area contributed by atoms with Crippen LogP contribution in [0.4, 0.5) is 10.1 Å². The van der Waals surface area contributed by atoms with Gasteiger partial charge >= 0.3 is 5.97 Å². The van der Waals surface area contributed by atoms with Crippen molar-refractivity contribution in [1.82, 2.24) is 0 Å². The second kappa shape index (κ2) is 5.90. The average molecular weight is 280 g/mol. The molecule has 108 valence electrons. The molecule has 1 amide bonds. The molecule has 0 aliphatic heterocycles. The maximum atomic E-state index is 13.8. The Balaban J connectivity index is 2.06. The number of carboxylic acids is 1. The molecule has 20 heavy (non-hydrogen) atoms. The Hall–Kier alpha value is -2.11. The van der Waals surface area contributed by atoms with E-state index in [1.165, 1.54) is 12.1 Å². The monoisotopic (exact) mass is 280 g/mol. The fraction of sp³-hybridized carbons (Fsp3) is 0.429. The number of carboxylic acid groups (broad SMARTS) is 1. The van der Waals surface area contributed by atoms with Gasteiger partial charge < -0.3 is 16.2 Å². The Bertz CT molecular complexity index is 533. The van der Waals surface area contributed by atoms with Crippen LogP contribution in [0, 0.1) is 11.7 Å². The number of hydrogen-bond donors (Lipinski definition) is 3. The van der Waals surface area contributed by atoms with Crippen molar-refractivity contribution in [2.45, 2.75) is 31.7 Å². The largest absolute Gasteiger partial charge is 0.481 e. The van der Waals surface area contributed by atoms with E-state index in [-0.39, 0.29) is 23.2 Å². The van der Waals surface area contributed by atoms with Crippen molar-refractivity contribution in [1.29, 1.82) is 0 Å². The summed E-state index contributed by atoms with van der Waals surface area (Å²) in [5.41, 5.74) is 5.46. The second-order valence-corrected chi connectivity index (χ2v) is 5.10. The summed E-state index contributed by atoms with van der Waals surface area (Å²) < 4.78 is 13.8. The number of halogens is 1. The fourth-order valence-electron chi connectivity index (χ4n) is 2.55. The van der Waals surface area contributed by atoms with E-state index >= 15 is 0 Å². The minimum Gasteiger partial charge on any atom is -0.481 e. The minimum absolute atomic E-state index is 0.0706. The summed E-state index contributed by atoms with van der Waals surface area (Å²) in [6.07, 6.45) is 2.75. The highest BCUT2D eigenvalue weighted by atomic mass is 19.1. The van der Waals surface area contributed by atoms with Gasteiger partial charge in [-0.1, -0.05) is 6.42 Å². The van der Waals surface area contributed by atoms with E-state index in [2.05, 4.69) is 5.32 Å². The summed E-state index contributed by atoms with van der Waals surface area (Å²) in [5.74, 6) is -2.42. The third-order valence-electron chi connectivity index (χ3n) is 3.64. The Morgan fingerprint density at radius 3 is 2.70 bits per heavy atom. The van der Waals surface area contributed by atoms with Crippen molar-refractivity contribution in [3.63, 3.8) is 0 Å². The lowest BCUT2D eigenvalue weighted by molar-refractivity contribution is -0.142. The van der Waals surface area contributed by atoms with Crippen molar-refractivity contribution < 1.29 is 19.1 Å². The predicted molar refractivity (Wildman–Crippen MR) is 71.9 cm³/mol. The normalized spacial score (nSPS) is 22.2. The highest BCUT2D eigenvalue weighted by molar-refractivity contribution is 5.93. The summed E-state index contributed by atoms with van der Waals surface area (Å²) in [6.45, 7) is 0. The third kappa shape index (κ3) is 3.26. The molecule has 6 heteroatoms. The summed E-state index contributed by atoms with van der Waals surface area (Å²) in [7, 11) is 0. The fourth-order valence-corrected chi connectivity index (χ4v) is 2.55. The van der Waals surface area contributed by atoms with Crippen LogP contribution in [-0.2, 0) is 4.79 Å². The zero-order valence-corrected chi connectivity index (χ0v) is 10.9. The molecular weight excluding hydrogens is 263 g/mol. The number of aliphatic carboxylic acids is 1. The molecule has 2 unspecified atom stereocenters. The lowest BCUT2D eigenvalue weighted by atomic mass is 9.85. The highest BCUT2D eigenvalue weighted by Crippen LogP contribution is 2.28. The number of anilines is 1. The van der Waals surface area contributed by atoms with Gasteiger partial charge in [0.15, 0.2) is 0 Å². The summed E-state index contributed by atoms with van der Waals surface area (Å²) in [4.78, 5) is 21.9. The second-order valence-electron chi connectivity index (χ2n) is 5.10. The van der Waals surface area contributed by atoms with Crippen LogP contribution in [0.3, 0.4) is 0 Å². The molecule has 1 aromatic rings. The smallest absolute Gasteiger partial charge is 0.306 e. The Morgan fingerprint density at radius 1 is 1.35 bits per heavy atom. The molecule has 5 nitrogen and oxygen atoms in total. The lowest BCUT2D eigenvalue weighted by Crippen LogP contribution is -2.31. The molecule has 4 N–H and O–H groups in total. The summed E-state index contributed by atoms with van der Waals surface area (Å²) in [6, 6.07) is 3.92. The molecular formula is C14H17FN2O3. The van der Waals surface area contributed by atoms with Gasteiger partial charge in [-0.05, 0) is 37.5 Å². The zero-order chi connectivity index (χ0) is 14.7. The van der Waals surface area contributed by atoms with E-state index < -0.39 is 17.7 Å². The molecule has 0 bridgehead atoms. The van der Waals surface area contributed by atoms with E-state index in [1.807, 2.05) is 0 Å².